The summed E-state index contributed by atoms with van der Waals surface area (Å²) in [5, 5.41) is 10.4. The maximum Gasteiger partial charge on any atom is 0.205 e. The Morgan fingerprint density at radius 3 is 2.38 bits per heavy atom. The first-order valence-corrected chi connectivity index (χ1v) is 9.87. The number of hydrogen-bond donors (Lipinski definition) is 1. The largest absolute Gasteiger partial charge is 0.497 e. The normalized spacial score (nSPS) is 20.3. The number of aliphatic hydroxyl groups excluding tert-OH is 1. The molecule has 0 unspecified atom stereocenters. The van der Waals surface area contributed by atoms with E-state index in [9.17, 15) is 13.5 Å². The van der Waals surface area contributed by atoms with Crippen LogP contribution in [0.25, 0.3) is 0 Å². The van der Waals surface area contributed by atoms with Crippen LogP contribution in [0.2, 0.25) is 0 Å². The molecule has 0 bridgehead atoms. The predicted molar refractivity (Wildman–Crippen MR) is 99.2 cm³/mol. The van der Waals surface area contributed by atoms with Crippen molar-refractivity contribution in [1.29, 1.82) is 0 Å². The van der Waals surface area contributed by atoms with E-state index in [4.69, 9.17) is 9.47 Å². The molecule has 0 heterocycles. The molecule has 2 aromatic rings. The number of hydrogen-bond acceptors (Lipinski definition) is 5. The maximum absolute atomic E-state index is 13.0. The Hall–Kier alpha value is -2.31. The van der Waals surface area contributed by atoms with Gasteiger partial charge in [0.25, 0.3) is 0 Å². The molecule has 3 rings (SSSR count). The summed E-state index contributed by atoms with van der Waals surface area (Å²) in [6.45, 7) is 0. The van der Waals surface area contributed by atoms with E-state index in [0.29, 0.717) is 24.3 Å². The Balaban J connectivity index is 2.07. The van der Waals surface area contributed by atoms with Gasteiger partial charge in [-0.2, -0.15) is 0 Å². The van der Waals surface area contributed by atoms with Crippen molar-refractivity contribution in [2.75, 3.05) is 14.2 Å². The van der Waals surface area contributed by atoms with Crippen molar-refractivity contribution < 1.29 is 23.0 Å². The highest BCUT2D eigenvalue weighted by Gasteiger charge is 2.32. The van der Waals surface area contributed by atoms with Crippen LogP contribution in [-0.2, 0) is 9.84 Å². The van der Waals surface area contributed by atoms with Crippen molar-refractivity contribution in [3.05, 3.63) is 65.1 Å². The SMILES string of the molecule is COc1ccc(OC)c([C@H]2C=C(S(=O)(=O)c3ccccc3)[C@H](O)CC2)c1. The van der Waals surface area contributed by atoms with Gasteiger partial charge in [0.15, 0.2) is 0 Å². The average Bonchev–Trinajstić information content (AvgIpc) is 2.68. The molecule has 1 aliphatic rings. The highest BCUT2D eigenvalue weighted by molar-refractivity contribution is 7.95. The number of aliphatic hydroxyl groups is 1. The maximum atomic E-state index is 13.0. The minimum absolute atomic E-state index is 0.0461. The van der Waals surface area contributed by atoms with E-state index in [1.807, 2.05) is 6.07 Å². The van der Waals surface area contributed by atoms with Gasteiger partial charge in [-0.05, 0) is 43.2 Å². The first-order chi connectivity index (χ1) is 12.5. The lowest BCUT2D eigenvalue weighted by atomic mass is 9.87. The van der Waals surface area contributed by atoms with Gasteiger partial charge >= 0.3 is 0 Å². The second kappa shape index (κ2) is 7.51. The number of benzene rings is 2. The lowest BCUT2D eigenvalue weighted by Crippen LogP contribution is -2.24. The minimum atomic E-state index is -3.75. The van der Waals surface area contributed by atoms with Crippen LogP contribution >= 0.6 is 0 Å². The summed E-state index contributed by atoms with van der Waals surface area (Å²) in [5.74, 6) is 1.16. The first kappa shape index (κ1) is 18.5. The zero-order valence-electron chi connectivity index (χ0n) is 14.8. The first-order valence-electron chi connectivity index (χ1n) is 8.39. The van der Waals surface area contributed by atoms with E-state index >= 15 is 0 Å². The van der Waals surface area contributed by atoms with Crippen LogP contribution < -0.4 is 9.47 Å². The van der Waals surface area contributed by atoms with Crippen molar-refractivity contribution in [3.8, 4) is 11.5 Å². The van der Waals surface area contributed by atoms with Gasteiger partial charge in [-0.1, -0.05) is 24.3 Å². The fourth-order valence-corrected chi connectivity index (χ4v) is 4.86. The minimum Gasteiger partial charge on any atom is -0.497 e. The number of methoxy groups -OCH3 is 2. The van der Waals surface area contributed by atoms with Gasteiger partial charge in [0.05, 0.1) is 30.1 Å². The van der Waals surface area contributed by atoms with Crippen LogP contribution in [0.3, 0.4) is 0 Å². The summed E-state index contributed by atoms with van der Waals surface area (Å²) >= 11 is 0. The molecule has 1 aliphatic carbocycles. The van der Waals surface area contributed by atoms with E-state index < -0.39 is 15.9 Å². The Bertz CT molecular complexity index is 903. The van der Waals surface area contributed by atoms with Gasteiger partial charge in [-0.3, -0.25) is 0 Å². The van der Waals surface area contributed by atoms with Crippen molar-refractivity contribution in [2.24, 2.45) is 0 Å². The van der Waals surface area contributed by atoms with Gasteiger partial charge in [0.2, 0.25) is 9.84 Å². The number of ether oxygens (including phenoxy) is 2. The zero-order valence-corrected chi connectivity index (χ0v) is 15.6. The fraction of sp³-hybridized carbons (Fsp3) is 0.300. The molecule has 2 atom stereocenters. The highest BCUT2D eigenvalue weighted by atomic mass is 32.2. The van der Waals surface area contributed by atoms with Gasteiger partial charge < -0.3 is 14.6 Å². The Labute approximate surface area is 153 Å². The van der Waals surface area contributed by atoms with Crippen LogP contribution in [0.5, 0.6) is 11.5 Å². The quantitative estimate of drug-likeness (QED) is 0.869. The molecule has 5 nitrogen and oxygen atoms in total. The summed E-state index contributed by atoms with van der Waals surface area (Å²) in [5.41, 5.74) is 0.847. The fourth-order valence-electron chi connectivity index (χ4n) is 3.25. The van der Waals surface area contributed by atoms with Crippen LogP contribution in [-0.4, -0.2) is 33.8 Å². The lowest BCUT2D eigenvalue weighted by molar-refractivity contribution is 0.195. The number of rotatable bonds is 5. The monoisotopic (exact) mass is 374 g/mol. The summed E-state index contributed by atoms with van der Waals surface area (Å²) in [7, 11) is -0.590. The highest BCUT2D eigenvalue weighted by Crippen LogP contribution is 2.40. The number of sulfone groups is 1. The Morgan fingerprint density at radius 2 is 1.73 bits per heavy atom. The van der Waals surface area contributed by atoms with Gasteiger partial charge in [0.1, 0.15) is 11.5 Å². The molecule has 138 valence electrons. The van der Waals surface area contributed by atoms with E-state index in [2.05, 4.69) is 0 Å². The van der Waals surface area contributed by atoms with Crippen LogP contribution in [0.15, 0.2) is 64.4 Å². The van der Waals surface area contributed by atoms with E-state index in [-0.39, 0.29) is 15.7 Å². The summed E-state index contributed by atoms with van der Waals surface area (Å²) < 4.78 is 36.7. The standard InChI is InChI=1S/C20H22O5S/c1-24-15-9-11-19(25-2)17(13-15)14-8-10-18(21)20(12-14)26(22,23)16-6-4-3-5-7-16/h3-7,9,11-14,18,21H,8,10H2,1-2H3/t14-,18-/m1/s1. The second-order valence-electron chi connectivity index (χ2n) is 6.19. The van der Waals surface area contributed by atoms with E-state index in [0.717, 1.165) is 5.56 Å². The molecule has 1 N–H and O–H groups in total. The van der Waals surface area contributed by atoms with Crippen LogP contribution in [0, 0.1) is 0 Å². The molecular formula is C20H22O5S. The van der Waals surface area contributed by atoms with Crippen molar-refractivity contribution >= 4 is 9.84 Å². The molecule has 0 saturated heterocycles. The molecule has 0 radical (unpaired) electrons. The third-order valence-corrected chi connectivity index (χ3v) is 6.57. The van der Waals surface area contributed by atoms with Gasteiger partial charge in [-0.25, -0.2) is 8.42 Å². The Kier molecular flexibility index (Phi) is 5.34. The van der Waals surface area contributed by atoms with Crippen LogP contribution in [0.4, 0.5) is 0 Å². The molecule has 0 aliphatic heterocycles. The van der Waals surface area contributed by atoms with Gasteiger partial charge in [0, 0.05) is 11.5 Å². The van der Waals surface area contributed by atoms with E-state index in [1.165, 1.54) is 0 Å². The molecule has 6 heteroatoms. The second-order valence-corrected chi connectivity index (χ2v) is 8.14. The zero-order chi connectivity index (χ0) is 18.7. The Morgan fingerprint density at radius 1 is 1.00 bits per heavy atom. The third-order valence-electron chi connectivity index (χ3n) is 4.65. The van der Waals surface area contributed by atoms with E-state index in [1.54, 1.807) is 62.8 Å². The smallest absolute Gasteiger partial charge is 0.205 e. The van der Waals surface area contributed by atoms with Crippen LogP contribution in [0.1, 0.15) is 24.3 Å². The third kappa shape index (κ3) is 3.48. The molecule has 0 fully saturated rings. The molecule has 2 aromatic carbocycles. The predicted octanol–water partition coefficient (Wildman–Crippen LogP) is 3.30. The summed E-state index contributed by atoms with van der Waals surface area (Å²) in [6.07, 6.45) is 1.63. The average molecular weight is 374 g/mol. The van der Waals surface area contributed by atoms with Crippen molar-refractivity contribution in [1.82, 2.24) is 0 Å². The lowest BCUT2D eigenvalue weighted by Gasteiger charge is -2.27. The van der Waals surface area contributed by atoms with Crippen molar-refractivity contribution in [3.63, 3.8) is 0 Å². The molecule has 0 aromatic heterocycles. The number of allylic oxidation sites excluding steroid dienone is 1. The molecular weight excluding hydrogens is 352 g/mol. The molecule has 0 amide bonds. The van der Waals surface area contributed by atoms with Gasteiger partial charge in [-0.15, -0.1) is 0 Å². The summed E-state index contributed by atoms with van der Waals surface area (Å²) in [4.78, 5) is 0.230. The summed E-state index contributed by atoms with van der Waals surface area (Å²) in [6, 6.07) is 13.6. The molecule has 26 heavy (non-hydrogen) atoms. The topological polar surface area (TPSA) is 72.8 Å². The molecule has 0 spiro atoms. The molecule has 0 saturated carbocycles. The van der Waals surface area contributed by atoms with Crippen molar-refractivity contribution in [2.45, 2.75) is 29.8 Å².